The number of amides is 2. The maximum absolute atomic E-state index is 14.8. The van der Waals surface area contributed by atoms with Crippen molar-refractivity contribution in [3.8, 4) is 0 Å². The summed E-state index contributed by atoms with van der Waals surface area (Å²) in [5.41, 5.74) is -1.41. The number of benzene rings is 1. The molecule has 2 saturated heterocycles. The standard InChI is InChI=1S/C43H66N2O17Si/c1-13-63(14-2,15-3)62-40-36(60-41(53-11)35(45-26(6)47)38(40)56-22-31-19-17-16-18-20-31)24(4)43(42(52)54-12)21-32(57-28(8)49)34(44-25(5)46)39(61-43)37(59-30(10)51)33(58-29(9)50)23-55-27(7)48/h16-20,24,32-41H,13-15,21-23H2,1-12H3,(H,44,46)(H,45,47)/t24-,32+,33-,34-,35-,36-,37-,38-,39-,40+,41+,43+/m1/s1. The first-order chi connectivity index (χ1) is 29.7. The van der Waals surface area contributed by atoms with Crippen LogP contribution >= 0.6 is 0 Å². The van der Waals surface area contributed by atoms with Gasteiger partial charge in [0.05, 0.1) is 25.9 Å². The molecular weight excluding hydrogens is 845 g/mol. The van der Waals surface area contributed by atoms with Crippen molar-refractivity contribution in [3.63, 3.8) is 0 Å². The van der Waals surface area contributed by atoms with E-state index < -0.39 is 136 Å². The molecule has 12 atom stereocenters. The van der Waals surface area contributed by atoms with Crippen LogP contribution in [0.15, 0.2) is 30.3 Å². The average Bonchev–Trinajstić information content (AvgIpc) is 3.22. The van der Waals surface area contributed by atoms with E-state index >= 15 is 0 Å². The minimum absolute atomic E-state index is 0.0789. The second-order valence-electron chi connectivity index (χ2n) is 15.9. The lowest BCUT2D eigenvalue weighted by Crippen LogP contribution is -2.73. The zero-order chi connectivity index (χ0) is 47.2. The van der Waals surface area contributed by atoms with Crippen LogP contribution in [0.3, 0.4) is 0 Å². The lowest BCUT2D eigenvalue weighted by atomic mass is 9.72. The van der Waals surface area contributed by atoms with Gasteiger partial charge >= 0.3 is 29.8 Å². The van der Waals surface area contributed by atoms with Gasteiger partial charge in [0.2, 0.25) is 11.8 Å². The van der Waals surface area contributed by atoms with Gasteiger partial charge in [-0.15, -0.1) is 0 Å². The number of esters is 5. The molecule has 0 radical (unpaired) electrons. The number of hydrogen-bond acceptors (Lipinski definition) is 17. The smallest absolute Gasteiger partial charge is 0.338 e. The zero-order valence-corrected chi connectivity index (χ0v) is 39.4. The van der Waals surface area contributed by atoms with E-state index in [2.05, 4.69) is 10.6 Å². The highest BCUT2D eigenvalue weighted by Crippen LogP contribution is 2.46. The minimum atomic E-state index is -2.65. The third-order valence-electron chi connectivity index (χ3n) is 11.6. The van der Waals surface area contributed by atoms with Gasteiger partial charge in [0.15, 0.2) is 32.4 Å². The SMILES string of the molecule is CC[Si](CC)(CC)O[C@@H]1[C@H](OCc2ccccc2)[C@@H](NC(C)=O)[C@@H](OC)O[C@@H]1[C@@H](C)[C@]1(C(=O)OC)C[C@H](OC(C)=O)[C@@H](NC(C)=O)[C@H]([C@H](OC(C)=O)[C@@H](COC(C)=O)OC(C)=O)O1. The molecule has 354 valence electrons. The molecule has 1 aromatic rings. The normalized spacial score (nSPS) is 27.4. The van der Waals surface area contributed by atoms with Crippen LogP contribution < -0.4 is 10.6 Å². The predicted octanol–water partition coefficient (Wildman–Crippen LogP) is 3.04. The molecule has 2 heterocycles. The fourth-order valence-corrected chi connectivity index (χ4v) is 11.3. The maximum Gasteiger partial charge on any atom is 0.338 e. The van der Waals surface area contributed by atoms with E-state index in [9.17, 15) is 33.6 Å². The van der Waals surface area contributed by atoms with E-state index in [0.29, 0.717) is 18.1 Å². The molecule has 3 rings (SSSR count). The molecule has 0 saturated carbocycles. The molecule has 2 fully saturated rings. The summed E-state index contributed by atoms with van der Waals surface area (Å²) in [6, 6.07) is 9.07. The first-order valence-corrected chi connectivity index (χ1v) is 23.7. The second kappa shape index (κ2) is 24.0. The molecule has 20 heteroatoms. The molecule has 2 amide bonds. The minimum Gasteiger partial charge on any atom is -0.467 e. The lowest BCUT2D eigenvalue weighted by Gasteiger charge is -2.55. The molecule has 63 heavy (non-hydrogen) atoms. The van der Waals surface area contributed by atoms with E-state index in [1.807, 2.05) is 51.1 Å². The van der Waals surface area contributed by atoms with Crippen molar-refractivity contribution in [3.05, 3.63) is 35.9 Å². The Morgan fingerprint density at radius 1 is 0.778 bits per heavy atom. The van der Waals surface area contributed by atoms with Crippen LogP contribution in [0.25, 0.3) is 0 Å². The fourth-order valence-electron chi connectivity index (χ4n) is 8.45. The Kier molecular flexibility index (Phi) is 20.1. The van der Waals surface area contributed by atoms with Gasteiger partial charge in [-0.1, -0.05) is 58.0 Å². The van der Waals surface area contributed by atoms with Crippen molar-refractivity contribution in [1.82, 2.24) is 10.6 Å². The quantitative estimate of drug-likeness (QED) is 0.102. The molecular formula is C43H66N2O17Si. The Morgan fingerprint density at radius 3 is 1.86 bits per heavy atom. The predicted molar refractivity (Wildman–Crippen MR) is 225 cm³/mol. The molecule has 0 bridgehead atoms. The highest BCUT2D eigenvalue weighted by Gasteiger charge is 2.64. The van der Waals surface area contributed by atoms with E-state index in [-0.39, 0.29) is 6.61 Å². The number of carbonyl (C=O) groups excluding carboxylic acids is 7. The van der Waals surface area contributed by atoms with Crippen LogP contribution in [0, 0.1) is 5.92 Å². The topological polar surface area (TPSA) is 236 Å². The third kappa shape index (κ3) is 13.8. The van der Waals surface area contributed by atoms with Crippen LogP contribution in [-0.4, -0.2) is 138 Å². The summed E-state index contributed by atoms with van der Waals surface area (Å²) in [6.07, 6.45) is -11.3. The van der Waals surface area contributed by atoms with Gasteiger partial charge in [0.25, 0.3) is 0 Å². The van der Waals surface area contributed by atoms with Gasteiger partial charge in [-0.3, -0.25) is 28.8 Å². The van der Waals surface area contributed by atoms with Crippen LogP contribution in [0.2, 0.25) is 18.1 Å². The van der Waals surface area contributed by atoms with E-state index in [0.717, 1.165) is 40.4 Å². The average molecular weight is 911 g/mol. The Balaban J connectivity index is 2.43. The van der Waals surface area contributed by atoms with Gasteiger partial charge in [0.1, 0.15) is 37.1 Å². The molecule has 2 N–H and O–H groups in total. The lowest BCUT2D eigenvalue weighted by molar-refractivity contribution is -0.301. The molecule has 0 unspecified atom stereocenters. The first-order valence-electron chi connectivity index (χ1n) is 21.2. The summed E-state index contributed by atoms with van der Waals surface area (Å²) < 4.78 is 61.6. The molecule has 0 spiro atoms. The van der Waals surface area contributed by atoms with Crippen molar-refractivity contribution in [2.45, 2.75) is 167 Å². The van der Waals surface area contributed by atoms with E-state index in [1.165, 1.54) is 21.0 Å². The Morgan fingerprint density at radius 2 is 1.37 bits per heavy atom. The Bertz CT molecular complexity index is 1720. The Labute approximate surface area is 370 Å². The largest absolute Gasteiger partial charge is 0.467 e. The number of methoxy groups -OCH3 is 2. The van der Waals surface area contributed by atoms with Crippen molar-refractivity contribution in [2.24, 2.45) is 5.92 Å². The van der Waals surface area contributed by atoms with Gasteiger partial charge < -0.3 is 57.7 Å². The van der Waals surface area contributed by atoms with Gasteiger partial charge in [-0.2, -0.15) is 0 Å². The summed E-state index contributed by atoms with van der Waals surface area (Å²) in [5, 5.41) is 5.64. The summed E-state index contributed by atoms with van der Waals surface area (Å²) in [4.78, 5) is 91.0. The molecule has 0 aliphatic carbocycles. The van der Waals surface area contributed by atoms with Gasteiger partial charge in [-0.05, 0) is 23.7 Å². The maximum atomic E-state index is 14.8. The number of hydrogen-bond donors (Lipinski definition) is 2. The van der Waals surface area contributed by atoms with Crippen molar-refractivity contribution in [2.75, 3.05) is 20.8 Å². The van der Waals surface area contributed by atoms with Gasteiger partial charge in [0, 0.05) is 61.0 Å². The summed E-state index contributed by atoms with van der Waals surface area (Å²) in [7, 11) is -0.141. The zero-order valence-electron chi connectivity index (χ0n) is 38.4. The monoisotopic (exact) mass is 910 g/mol. The molecule has 19 nitrogen and oxygen atoms in total. The summed E-state index contributed by atoms with van der Waals surface area (Å²) in [5.74, 6) is -6.57. The van der Waals surface area contributed by atoms with E-state index in [1.54, 1.807) is 6.92 Å². The Hall–Kier alpha value is -4.47. The van der Waals surface area contributed by atoms with E-state index in [4.69, 9.17) is 47.1 Å². The van der Waals surface area contributed by atoms with Crippen LogP contribution in [0.5, 0.6) is 0 Å². The number of ether oxygens (including phenoxy) is 9. The third-order valence-corrected chi connectivity index (χ3v) is 16.2. The van der Waals surface area contributed by atoms with Crippen molar-refractivity contribution >= 4 is 50.0 Å². The molecule has 2 aliphatic rings. The van der Waals surface area contributed by atoms with Crippen LogP contribution in [0.1, 0.15) is 81.2 Å². The number of carbonyl (C=O) groups is 7. The highest BCUT2D eigenvalue weighted by atomic mass is 28.4. The van der Waals surface area contributed by atoms with Crippen LogP contribution in [0.4, 0.5) is 0 Å². The summed E-state index contributed by atoms with van der Waals surface area (Å²) >= 11 is 0. The second-order valence-corrected chi connectivity index (χ2v) is 20.6. The molecule has 1 aromatic carbocycles. The fraction of sp³-hybridized carbons (Fsp3) is 0.698. The number of rotatable bonds is 21. The summed E-state index contributed by atoms with van der Waals surface area (Å²) in [6.45, 7) is 14.1. The van der Waals surface area contributed by atoms with Gasteiger partial charge in [-0.25, -0.2) is 4.79 Å². The highest BCUT2D eigenvalue weighted by molar-refractivity contribution is 6.73. The number of nitrogens with one attached hydrogen (secondary N) is 2. The molecule has 2 aliphatic heterocycles. The first kappa shape index (κ1) is 52.9. The van der Waals surface area contributed by atoms with Crippen LogP contribution in [-0.2, 0) is 87.2 Å². The molecule has 0 aromatic heterocycles. The van der Waals surface area contributed by atoms with Crippen molar-refractivity contribution in [1.29, 1.82) is 0 Å². The van der Waals surface area contributed by atoms with Crippen molar-refractivity contribution < 1.29 is 80.6 Å².